The minimum atomic E-state index is 0.852. The van der Waals surface area contributed by atoms with Gasteiger partial charge in [-0.3, -0.25) is 4.98 Å². The van der Waals surface area contributed by atoms with Crippen LogP contribution in [0.15, 0.2) is 30.7 Å². The maximum absolute atomic E-state index is 4.42. The summed E-state index contributed by atoms with van der Waals surface area (Å²) in [6.45, 7) is 6.03. The zero-order chi connectivity index (χ0) is 12.1. The van der Waals surface area contributed by atoms with Crippen molar-refractivity contribution in [2.75, 3.05) is 6.54 Å². The molecule has 4 nitrogen and oxygen atoms in total. The molecule has 2 rings (SSSR count). The molecule has 0 spiro atoms. The van der Waals surface area contributed by atoms with Gasteiger partial charge in [0.25, 0.3) is 0 Å². The SMILES string of the molecule is CCCNCc1ccncc1-n1ccc(C)n1. The molecule has 0 atom stereocenters. The molecule has 0 aliphatic carbocycles. The lowest BCUT2D eigenvalue weighted by molar-refractivity contribution is 0.669. The Balaban J connectivity index is 2.21. The highest BCUT2D eigenvalue weighted by Crippen LogP contribution is 2.12. The second-order valence-corrected chi connectivity index (χ2v) is 4.08. The second kappa shape index (κ2) is 5.59. The topological polar surface area (TPSA) is 42.7 Å². The van der Waals surface area contributed by atoms with E-state index in [2.05, 4.69) is 22.3 Å². The lowest BCUT2D eigenvalue weighted by atomic mass is 10.2. The molecule has 0 aliphatic rings. The summed E-state index contributed by atoms with van der Waals surface area (Å²) in [6, 6.07) is 4.03. The molecule has 0 aliphatic heterocycles. The van der Waals surface area contributed by atoms with Crippen LogP contribution in [0, 0.1) is 6.92 Å². The first kappa shape index (κ1) is 11.8. The predicted octanol–water partition coefficient (Wildman–Crippen LogP) is 2.08. The van der Waals surface area contributed by atoms with E-state index in [0.717, 1.165) is 30.9 Å². The van der Waals surface area contributed by atoms with E-state index in [1.807, 2.05) is 42.3 Å². The van der Waals surface area contributed by atoms with Crippen LogP contribution in [0.4, 0.5) is 0 Å². The van der Waals surface area contributed by atoms with Crippen molar-refractivity contribution < 1.29 is 0 Å². The molecule has 1 N–H and O–H groups in total. The van der Waals surface area contributed by atoms with Gasteiger partial charge in [-0.05, 0) is 37.6 Å². The van der Waals surface area contributed by atoms with E-state index in [1.54, 1.807) is 0 Å². The summed E-state index contributed by atoms with van der Waals surface area (Å²) < 4.78 is 1.88. The van der Waals surface area contributed by atoms with E-state index >= 15 is 0 Å². The molecule has 2 aromatic heterocycles. The van der Waals surface area contributed by atoms with Gasteiger partial charge in [-0.1, -0.05) is 6.92 Å². The fourth-order valence-electron chi connectivity index (χ4n) is 1.72. The standard InChI is InChI=1S/C13H18N4/c1-3-6-14-9-12-4-7-15-10-13(12)17-8-5-11(2)16-17/h4-5,7-8,10,14H,3,6,9H2,1-2H3. The van der Waals surface area contributed by atoms with Crippen LogP contribution >= 0.6 is 0 Å². The molecular formula is C13H18N4. The highest BCUT2D eigenvalue weighted by atomic mass is 15.3. The largest absolute Gasteiger partial charge is 0.313 e. The van der Waals surface area contributed by atoms with E-state index < -0.39 is 0 Å². The van der Waals surface area contributed by atoms with Crippen LogP contribution in [0.3, 0.4) is 0 Å². The monoisotopic (exact) mass is 230 g/mol. The van der Waals surface area contributed by atoms with Gasteiger partial charge >= 0.3 is 0 Å². The molecule has 0 radical (unpaired) electrons. The van der Waals surface area contributed by atoms with E-state index in [-0.39, 0.29) is 0 Å². The normalized spacial score (nSPS) is 10.7. The van der Waals surface area contributed by atoms with Gasteiger partial charge < -0.3 is 5.32 Å². The van der Waals surface area contributed by atoms with Crippen LogP contribution < -0.4 is 5.32 Å². The van der Waals surface area contributed by atoms with Crippen LogP contribution in [0.25, 0.3) is 5.69 Å². The van der Waals surface area contributed by atoms with Crippen molar-refractivity contribution >= 4 is 0 Å². The highest BCUT2D eigenvalue weighted by molar-refractivity contribution is 5.37. The molecule has 2 aromatic rings. The smallest absolute Gasteiger partial charge is 0.0873 e. The summed E-state index contributed by atoms with van der Waals surface area (Å²) in [6.07, 6.45) is 6.79. The average Bonchev–Trinajstić information content (AvgIpc) is 2.77. The zero-order valence-electron chi connectivity index (χ0n) is 10.3. The minimum absolute atomic E-state index is 0.852. The molecule has 0 saturated heterocycles. The zero-order valence-corrected chi connectivity index (χ0v) is 10.3. The number of pyridine rings is 1. The maximum atomic E-state index is 4.42. The highest BCUT2D eigenvalue weighted by Gasteiger charge is 2.05. The summed E-state index contributed by atoms with van der Waals surface area (Å²) in [5, 5.41) is 7.82. The Morgan fingerprint density at radius 3 is 2.94 bits per heavy atom. The van der Waals surface area contributed by atoms with E-state index in [0.29, 0.717) is 0 Å². The summed E-state index contributed by atoms with van der Waals surface area (Å²) in [7, 11) is 0. The molecule has 0 aromatic carbocycles. The number of hydrogen-bond acceptors (Lipinski definition) is 3. The Labute approximate surface area is 102 Å². The number of rotatable bonds is 5. The predicted molar refractivity (Wildman–Crippen MR) is 68.1 cm³/mol. The van der Waals surface area contributed by atoms with Crippen LogP contribution in [-0.2, 0) is 6.54 Å². The third-order valence-electron chi connectivity index (χ3n) is 2.60. The molecule has 90 valence electrons. The van der Waals surface area contributed by atoms with Gasteiger partial charge in [0.05, 0.1) is 17.6 Å². The molecule has 17 heavy (non-hydrogen) atoms. The minimum Gasteiger partial charge on any atom is -0.313 e. The summed E-state index contributed by atoms with van der Waals surface area (Å²) in [5.74, 6) is 0. The molecule has 0 fully saturated rings. The first-order valence-electron chi connectivity index (χ1n) is 5.97. The first-order chi connectivity index (χ1) is 8.31. The molecule has 0 bridgehead atoms. The number of hydrogen-bond donors (Lipinski definition) is 1. The Bertz CT molecular complexity index is 476. The molecule has 0 amide bonds. The Kier molecular flexibility index (Phi) is 3.88. The van der Waals surface area contributed by atoms with Gasteiger partial charge in [0.15, 0.2) is 0 Å². The van der Waals surface area contributed by atoms with Gasteiger partial charge in [0, 0.05) is 18.9 Å². The Morgan fingerprint density at radius 2 is 2.24 bits per heavy atom. The van der Waals surface area contributed by atoms with Crippen molar-refractivity contribution in [2.45, 2.75) is 26.8 Å². The van der Waals surface area contributed by atoms with Crippen LogP contribution in [0.1, 0.15) is 24.6 Å². The Hall–Kier alpha value is -1.68. The van der Waals surface area contributed by atoms with Crippen LogP contribution in [-0.4, -0.2) is 21.3 Å². The van der Waals surface area contributed by atoms with Crippen molar-refractivity contribution in [3.8, 4) is 5.69 Å². The number of nitrogens with zero attached hydrogens (tertiary/aromatic N) is 3. The van der Waals surface area contributed by atoms with Crippen molar-refractivity contribution in [2.24, 2.45) is 0 Å². The second-order valence-electron chi connectivity index (χ2n) is 4.08. The van der Waals surface area contributed by atoms with E-state index in [9.17, 15) is 0 Å². The van der Waals surface area contributed by atoms with Crippen molar-refractivity contribution in [3.05, 3.63) is 42.0 Å². The quantitative estimate of drug-likeness (QED) is 0.800. The fourth-order valence-corrected chi connectivity index (χ4v) is 1.72. The lowest BCUT2D eigenvalue weighted by Crippen LogP contribution is -2.15. The van der Waals surface area contributed by atoms with Gasteiger partial charge in [-0.25, -0.2) is 4.68 Å². The third-order valence-corrected chi connectivity index (χ3v) is 2.60. The molecule has 4 heteroatoms. The van der Waals surface area contributed by atoms with Crippen molar-refractivity contribution in [3.63, 3.8) is 0 Å². The summed E-state index contributed by atoms with van der Waals surface area (Å²) >= 11 is 0. The maximum Gasteiger partial charge on any atom is 0.0873 e. The van der Waals surface area contributed by atoms with Gasteiger partial charge in [-0.15, -0.1) is 0 Å². The molecule has 0 unspecified atom stereocenters. The fraction of sp³-hybridized carbons (Fsp3) is 0.385. The van der Waals surface area contributed by atoms with E-state index in [1.165, 1.54) is 5.56 Å². The van der Waals surface area contributed by atoms with Gasteiger partial charge in [0.1, 0.15) is 0 Å². The molecule has 0 saturated carbocycles. The molecule has 2 heterocycles. The summed E-state index contributed by atoms with van der Waals surface area (Å²) in [5.41, 5.74) is 3.28. The van der Waals surface area contributed by atoms with Gasteiger partial charge in [0.2, 0.25) is 0 Å². The van der Waals surface area contributed by atoms with E-state index in [4.69, 9.17) is 0 Å². The third kappa shape index (κ3) is 2.91. The first-order valence-corrected chi connectivity index (χ1v) is 5.97. The number of aryl methyl sites for hydroxylation is 1. The van der Waals surface area contributed by atoms with Crippen molar-refractivity contribution in [1.82, 2.24) is 20.1 Å². The van der Waals surface area contributed by atoms with Gasteiger partial charge in [-0.2, -0.15) is 5.10 Å². The Morgan fingerprint density at radius 1 is 1.35 bits per heavy atom. The molecular weight excluding hydrogens is 212 g/mol. The van der Waals surface area contributed by atoms with Crippen molar-refractivity contribution in [1.29, 1.82) is 0 Å². The van der Waals surface area contributed by atoms with Crippen LogP contribution in [0.2, 0.25) is 0 Å². The average molecular weight is 230 g/mol. The number of nitrogens with one attached hydrogen (secondary N) is 1. The lowest BCUT2D eigenvalue weighted by Gasteiger charge is -2.09. The summed E-state index contributed by atoms with van der Waals surface area (Å²) in [4.78, 5) is 4.17. The van der Waals surface area contributed by atoms with Crippen LogP contribution in [0.5, 0.6) is 0 Å². The number of aromatic nitrogens is 3.